The van der Waals surface area contributed by atoms with E-state index in [1.807, 2.05) is 30.3 Å². The summed E-state index contributed by atoms with van der Waals surface area (Å²) in [4.78, 5) is 13.2. The molecule has 0 aliphatic carbocycles. The molecule has 0 amide bonds. The molecule has 1 aromatic carbocycles. The van der Waals surface area contributed by atoms with Gasteiger partial charge in [-0.3, -0.25) is 4.79 Å². The Bertz CT molecular complexity index is 703. The zero-order valence-electron chi connectivity index (χ0n) is 15.4. The van der Waals surface area contributed by atoms with Gasteiger partial charge in [-0.1, -0.05) is 40.6 Å². The highest BCUT2D eigenvalue weighted by Crippen LogP contribution is 2.26. The number of rotatable bonds is 10. The number of carbonyl (C=O) groups is 1. The van der Waals surface area contributed by atoms with Crippen LogP contribution in [0.1, 0.15) is 49.8 Å². The predicted octanol–water partition coefficient (Wildman–Crippen LogP) is 2.97. The molecule has 1 heterocycles. The van der Waals surface area contributed by atoms with Crippen LogP contribution in [0.3, 0.4) is 0 Å². The summed E-state index contributed by atoms with van der Waals surface area (Å²) < 4.78 is 32.0. The lowest BCUT2D eigenvalue weighted by atomic mass is 10.1. The van der Waals surface area contributed by atoms with E-state index in [0.717, 1.165) is 5.56 Å². The fourth-order valence-electron chi connectivity index (χ4n) is 2.65. The maximum absolute atomic E-state index is 14.4. The zero-order valence-corrected chi connectivity index (χ0v) is 15.4. The van der Waals surface area contributed by atoms with Gasteiger partial charge in [0.25, 0.3) is 11.7 Å². The van der Waals surface area contributed by atoms with Crippen LogP contribution in [-0.4, -0.2) is 46.6 Å². The number of ketones is 1. The van der Waals surface area contributed by atoms with Crippen LogP contribution >= 0.6 is 0 Å². The first kappa shape index (κ1) is 20.2. The Morgan fingerprint density at radius 3 is 2.15 bits per heavy atom. The quantitative estimate of drug-likeness (QED) is 0.476. The van der Waals surface area contributed by atoms with Crippen LogP contribution in [0, 0.1) is 5.95 Å². The Labute approximate surface area is 152 Å². The molecule has 142 valence electrons. The molecule has 0 N–H and O–H groups in total. The average molecular weight is 365 g/mol. The van der Waals surface area contributed by atoms with Gasteiger partial charge in [-0.15, -0.1) is 0 Å². The third-order valence-electron chi connectivity index (χ3n) is 3.80. The molecular formula is C18H24FN3O4. The van der Waals surface area contributed by atoms with Gasteiger partial charge in [0.05, 0.1) is 25.9 Å². The zero-order chi connectivity index (χ0) is 19.2. The number of ether oxygens (including phenoxy) is 3. The molecule has 1 atom stereocenters. The molecule has 0 saturated heterocycles. The Morgan fingerprint density at radius 1 is 1.12 bits per heavy atom. The Kier molecular flexibility index (Phi) is 6.96. The topological polar surface area (TPSA) is 75.5 Å². The molecule has 0 unspecified atom stereocenters. The summed E-state index contributed by atoms with van der Waals surface area (Å²) >= 11 is 0. The van der Waals surface area contributed by atoms with Crippen molar-refractivity contribution in [2.75, 3.05) is 19.8 Å². The van der Waals surface area contributed by atoms with Crippen LogP contribution in [0.25, 0.3) is 0 Å². The van der Waals surface area contributed by atoms with Crippen LogP contribution in [0.5, 0.6) is 0 Å². The van der Waals surface area contributed by atoms with E-state index in [1.54, 1.807) is 27.7 Å². The van der Waals surface area contributed by atoms with Gasteiger partial charge in [0.15, 0.2) is 5.69 Å². The van der Waals surface area contributed by atoms with Gasteiger partial charge in [-0.05, 0) is 33.3 Å². The third-order valence-corrected chi connectivity index (χ3v) is 3.80. The van der Waals surface area contributed by atoms with E-state index >= 15 is 0 Å². The van der Waals surface area contributed by atoms with Crippen molar-refractivity contribution in [1.82, 2.24) is 15.0 Å². The first-order valence-electron chi connectivity index (χ1n) is 8.62. The van der Waals surface area contributed by atoms with Crippen molar-refractivity contribution < 1.29 is 23.4 Å². The molecule has 2 rings (SSSR count). The Hall–Kier alpha value is -2.16. The predicted molar refractivity (Wildman–Crippen MR) is 92.2 cm³/mol. The standard InChI is InChI=1S/C18H24FN3O4/c1-5-24-18(25-6-2,26-7-3)16(23)15-17(19)20-21-22(15)13(4)14-11-9-8-10-12-14/h8-13H,5-7H2,1-4H3/t13-/m1/s1. The molecule has 0 fully saturated rings. The van der Waals surface area contributed by atoms with Crippen LogP contribution < -0.4 is 0 Å². The van der Waals surface area contributed by atoms with Crippen LogP contribution in [0.2, 0.25) is 0 Å². The maximum Gasteiger partial charge on any atom is 0.353 e. The maximum atomic E-state index is 14.4. The fraction of sp³-hybridized carbons (Fsp3) is 0.500. The van der Waals surface area contributed by atoms with E-state index in [0.29, 0.717) is 0 Å². The summed E-state index contributed by atoms with van der Waals surface area (Å²) in [6.07, 6.45) is 0. The average Bonchev–Trinajstić information content (AvgIpc) is 3.03. The van der Waals surface area contributed by atoms with Crippen molar-refractivity contribution >= 4 is 5.78 Å². The molecule has 0 aliphatic heterocycles. The normalized spacial score (nSPS) is 13.0. The molecule has 1 aromatic heterocycles. The van der Waals surface area contributed by atoms with E-state index in [1.165, 1.54) is 4.68 Å². The third kappa shape index (κ3) is 3.98. The molecule has 7 nitrogen and oxygen atoms in total. The van der Waals surface area contributed by atoms with E-state index in [9.17, 15) is 9.18 Å². The number of halogens is 1. The van der Waals surface area contributed by atoms with Crippen molar-refractivity contribution in [2.24, 2.45) is 0 Å². The second-order valence-corrected chi connectivity index (χ2v) is 5.44. The van der Waals surface area contributed by atoms with Crippen molar-refractivity contribution in [2.45, 2.75) is 39.7 Å². The Balaban J connectivity index is 2.49. The highest BCUT2D eigenvalue weighted by molar-refractivity contribution is 5.99. The largest absolute Gasteiger partial charge is 0.353 e. The van der Waals surface area contributed by atoms with Crippen LogP contribution in [0.15, 0.2) is 30.3 Å². The summed E-state index contributed by atoms with van der Waals surface area (Å²) in [5.74, 6) is -3.84. The molecule has 8 heteroatoms. The highest BCUT2D eigenvalue weighted by atomic mass is 19.1. The molecule has 26 heavy (non-hydrogen) atoms. The lowest BCUT2D eigenvalue weighted by Gasteiger charge is -2.30. The van der Waals surface area contributed by atoms with Gasteiger partial charge in [0, 0.05) is 0 Å². The van der Waals surface area contributed by atoms with Crippen molar-refractivity contribution in [3.05, 3.63) is 47.5 Å². The molecule has 0 bridgehead atoms. The van der Waals surface area contributed by atoms with Gasteiger partial charge in [-0.25, -0.2) is 4.68 Å². The highest BCUT2D eigenvalue weighted by Gasteiger charge is 2.46. The van der Waals surface area contributed by atoms with Crippen molar-refractivity contribution in [3.63, 3.8) is 0 Å². The fourth-order valence-corrected chi connectivity index (χ4v) is 2.65. The minimum atomic E-state index is -2.03. The number of nitrogens with zero attached hydrogens (tertiary/aromatic N) is 3. The smallest absolute Gasteiger partial charge is 0.321 e. The van der Waals surface area contributed by atoms with Crippen molar-refractivity contribution in [3.8, 4) is 0 Å². The SMILES string of the molecule is CCOC(OCC)(OCC)C(=O)c1c(F)nnn1[C@H](C)c1ccccc1. The van der Waals surface area contributed by atoms with Crippen LogP contribution in [0.4, 0.5) is 4.39 Å². The van der Waals surface area contributed by atoms with E-state index in [4.69, 9.17) is 14.2 Å². The van der Waals surface area contributed by atoms with Gasteiger partial charge in [-0.2, -0.15) is 4.39 Å². The Morgan fingerprint density at radius 2 is 1.65 bits per heavy atom. The summed E-state index contributed by atoms with van der Waals surface area (Å²) in [6, 6.07) is 8.87. The molecule has 0 radical (unpaired) electrons. The number of aromatic nitrogens is 3. The van der Waals surface area contributed by atoms with Gasteiger partial charge in [0.1, 0.15) is 0 Å². The van der Waals surface area contributed by atoms with E-state index < -0.39 is 23.7 Å². The summed E-state index contributed by atoms with van der Waals surface area (Å²) in [5.41, 5.74) is 0.498. The lowest BCUT2D eigenvalue weighted by molar-refractivity contribution is -0.339. The minimum Gasteiger partial charge on any atom is -0.321 e. The van der Waals surface area contributed by atoms with Gasteiger partial charge in [0.2, 0.25) is 0 Å². The summed E-state index contributed by atoms with van der Waals surface area (Å²) in [5, 5.41) is 7.25. The van der Waals surface area contributed by atoms with Crippen molar-refractivity contribution in [1.29, 1.82) is 0 Å². The molecule has 0 saturated carbocycles. The molecular weight excluding hydrogens is 341 g/mol. The van der Waals surface area contributed by atoms with Crippen LogP contribution in [-0.2, 0) is 14.2 Å². The summed E-state index contributed by atoms with van der Waals surface area (Å²) in [7, 11) is 0. The second kappa shape index (κ2) is 8.98. The number of benzene rings is 1. The monoisotopic (exact) mass is 365 g/mol. The van der Waals surface area contributed by atoms with E-state index in [2.05, 4.69) is 10.3 Å². The number of carbonyl (C=O) groups excluding carboxylic acids is 1. The first-order chi connectivity index (χ1) is 12.5. The first-order valence-corrected chi connectivity index (χ1v) is 8.62. The second-order valence-electron chi connectivity index (χ2n) is 5.44. The minimum absolute atomic E-state index is 0.142. The molecule has 0 spiro atoms. The summed E-state index contributed by atoms with van der Waals surface area (Å²) in [6.45, 7) is 7.30. The van der Waals surface area contributed by atoms with Gasteiger partial charge < -0.3 is 14.2 Å². The van der Waals surface area contributed by atoms with E-state index in [-0.39, 0.29) is 25.5 Å². The lowest BCUT2D eigenvalue weighted by Crippen LogP contribution is -2.48. The number of hydrogen-bond acceptors (Lipinski definition) is 6. The number of hydrogen-bond donors (Lipinski definition) is 0. The molecule has 2 aromatic rings. The van der Waals surface area contributed by atoms with Gasteiger partial charge >= 0.3 is 5.97 Å². The number of Topliss-reactive ketones (excluding diaryl/α,β-unsaturated/α-hetero) is 1. The molecule has 0 aliphatic rings.